The molecule has 0 unspecified atom stereocenters. The van der Waals surface area contributed by atoms with Crippen molar-refractivity contribution in [3.63, 3.8) is 0 Å². The van der Waals surface area contributed by atoms with Crippen LogP contribution in [0.15, 0.2) is 30.3 Å². The van der Waals surface area contributed by atoms with Crippen LogP contribution < -0.4 is 0 Å². The number of tetrazole rings is 1. The van der Waals surface area contributed by atoms with Crippen molar-refractivity contribution in [3.05, 3.63) is 41.7 Å². The van der Waals surface area contributed by atoms with Gasteiger partial charge >= 0.3 is 5.97 Å². The van der Waals surface area contributed by atoms with Gasteiger partial charge in [-0.15, -0.1) is 5.10 Å². The van der Waals surface area contributed by atoms with Crippen LogP contribution in [0.3, 0.4) is 0 Å². The summed E-state index contributed by atoms with van der Waals surface area (Å²) in [5.74, 6) is -0.516. The van der Waals surface area contributed by atoms with Crippen molar-refractivity contribution < 1.29 is 9.90 Å². The first-order valence-electron chi connectivity index (χ1n) is 4.72. The van der Waals surface area contributed by atoms with Gasteiger partial charge in [0.1, 0.15) is 5.82 Å². The van der Waals surface area contributed by atoms with Crippen LogP contribution in [0.2, 0.25) is 0 Å². The fourth-order valence-corrected chi connectivity index (χ4v) is 1.50. The number of hydrogen-bond donors (Lipinski definition) is 1. The number of carboxylic acids is 1. The van der Waals surface area contributed by atoms with Gasteiger partial charge in [-0.2, -0.15) is 0 Å². The van der Waals surface area contributed by atoms with E-state index in [1.165, 1.54) is 4.68 Å². The average Bonchev–Trinajstić information content (AvgIpc) is 2.66. The van der Waals surface area contributed by atoms with Crippen molar-refractivity contribution in [2.45, 2.75) is 13.0 Å². The van der Waals surface area contributed by atoms with Crippen LogP contribution in [0.1, 0.15) is 17.4 Å². The Bertz CT molecular complexity index is 495. The standard InChI is InChI=1S/C10H10N4O2/c1-7-11-12-13-14(7)9(10(15)16)8-5-3-2-4-6-8/h2-6,9H,1H3,(H,15,16)/t9-/m1/s1. The largest absolute Gasteiger partial charge is 0.479 e. The summed E-state index contributed by atoms with van der Waals surface area (Å²) >= 11 is 0. The van der Waals surface area contributed by atoms with E-state index in [0.29, 0.717) is 11.4 Å². The quantitative estimate of drug-likeness (QED) is 0.818. The molecule has 82 valence electrons. The number of benzene rings is 1. The van der Waals surface area contributed by atoms with Gasteiger partial charge in [-0.3, -0.25) is 0 Å². The maximum absolute atomic E-state index is 11.2. The summed E-state index contributed by atoms with van der Waals surface area (Å²) in [6.07, 6.45) is 0. The van der Waals surface area contributed by atoms with Gasteiger partial charge < -0.3 is 5.11 Å². The van der Waals surface area contributed by atoms with E-state index < -0.39 is 12.0 Å². The molecule has 6 heteroatoms. The van der Waals surface area contributed by atoms with Crippen molar-refractivity contribution in [1.29, 1.82) is 0 Å². The topological polar surface area (TPSA) is 80.9 Å². The van der Waals surface area contributed by atoms with E-state index in [4.69, 9.17) is 0 Å². The second-order valence-corrected chi connectivity index (χ2v) is 3.32. The highest BCUT2D eigenvalue weighted by molar-refractivity contribution is 5.75. The lowest BCUT2D eigenvalue weighted by atomic mass is 10.1. The van der Waals surface area contributed by atoms with Crippen LogP contribution in [0.5, 0.6) is 0 Å². The molecule has 0 bridgehead atoms. The van der Waals surface area contributed by atoms with E-state index in [2.05, 4.69) is 15.5 Å². The van der Waals surface area contributed by atoms with Gasteiger partial charge in [0, 0.05) is 0 Å². The lowest BCUT2D eigenvalue weighted by molar-refractivity contribution is -0.139. The van der Waals surface area contributed by atoms with Crippen LogP contribution in [0.25, 0.3) is 0 Å². The number of aliphatic carboxylic acids is 1. The number of carboxylic acid groups (broad SMARTS) is 1. The molecule has 2 rings (SSSR count). The minimum absolute atomic E-state index is 0.469. The van der Waals surface area contributed by atoms with Crippen molar-refractivity contribution in [2.24, 2.45) is 0 Å². The van der Waals surface area contributed by atoms with Crippen LogP contribution in [-0.4, -0.2) is 31.3 Å². The van der Waals surface area contributed by atoms with Gasteiger partial charge in [0.05, 0.1) is 0 Å². The molecule has 1 atom stereocenters. The van der Waals surface area contributed by atoms with Crippen LogP contribution >= 0.6 is 0 Å². The van der Waals surface area contributed by atoms with E-state index in [1.54, 1.807) is 31.2 Å². The zero-order valence-corrected chi connectivity index (χ0v) is 8.61. The van der Waals surface area contributed by atoms with E-state index in [0.717, 1.165) is 0 Å². The molecule has 1 heterocycles. The molecular weight excluding hydrogens is 208 g/mol. The summed E-state index contributed by atoms with van der Waals surface area (Å²) in [4.78, 5) is 11.2. The van der Waals surface area contributed by atoms with Gasteiger partial charge in [0.25, 0.3) is 0 Å². The Kier molecular flexibility index (Phi) is 2.63. The Morgan fingerprint density at radius 3 is 2.56 bits per heavy atom. The highest BCUT2D eigenvalue weighted by Gasteiger charge is 2.24. The maximum atomic E-state index is 11.2. The third-order valence-electron chi connectivity index (χ3n) is 2.25. The van der Waals surface area contributed by atoms with Crippen LogP contribution in [0.4, 0.5) is 0 Å². The zero-order valence-electron chi connectivity index (χ0n) is 8.61. The Balaban J connectivity index is 2.48. The van der Waals surface area contributed by atoms with Gasteiger partial charge in [-0.05, 0) is 22.9 Å². The molecule has 0 radical (unpaired) electrons. The predicted octanol–water partition coefficient (Wildman–Crippen LogP) is 0.656. The van der Waals surface area contributed by atoms with Gasteiger partial charge in [0.2, 0.25) is 0 Å². The van der Waals surface area contributed by atoms with Gasteiger partial charge in [0.15, 0.2) is 6.04 Å². The zero-order chi connectivity index (χ0) is 11.5. The number of rotatable bonds is 3. The predicted molar refractivity (Wildman–Crippen MR) is 54.8 cm³/mol. The highest BCUT2D eigenvalue weighted by Crippen LogP contribution is 2.17. The molecule has 6 nitrogen and oxygen atoms in total. The molecule has 0 amide bonds. The fraction of sp³-hybridized carbons (Fsp3) is 0.200. The van der Waals surface area contributed by atoms with Crippen molar-refractivity contribution in [3.8, 4) is 0 Å². The molecule has 0 spiro atoms. The summed E-state index contributed by atoms with van der Waals surface area (Å²) in [6, 6.07) is 7.99. The fourth-order valence-electron chi connectivity index (χ4n) is 1.50. The molecule has 16 heavy (non-hydrogen) atoms. The molecule has 1 aromatic carbocycles. The van der Waals surface area contributed by atoms with Gasteiger partial charge in [-0.1, -0.05) is 30.3 Å². The number of nitrogens with zero attached hydrogens (tertiary/aromatic N) is 4. The Labute approximate surface area is 91.5 Å². The van der Waals surface area contributed by atoms with E-state index in [9.17, 15) is 9.90 Å². The molecule has 0 saturated heterocycles. The van der Waals surface area contributed by atoms with Crippen molar-refractivity contribution in [1.82, 2.24) is 20.2 Å². The summed E-state index contributed by atoms with van der Waals surface area (Å²) in [6.45, 7) is 1.67. The maximum Gasteiger partial charge on any atom is 0.333 e. The SMILES string of the molecule is Cc1nnnn1[C@@H](C(=O)O)c1ccccc1. The molecule has 2 aromatic rings. The molecule has 1 aromatic heterocycles. The van der Waals surface area contributed by atoms with E-state index >= 15 is 0 Å². The summed E-state index contributed by atoms with van der Waals surface area (Å²) < 4.78 is 1.29. The number of hydrogen-bond acceptors (Lipinski definition) is 4. The van der Waals surface area contributed by atoms with E-state index in [1.807, 2.05) is 6.07 Å². The third-order valence-corrected chi connectivity index (χ3v) is 2.25. The molecule has 0 aliphatic carbocycles. The lowest BCUT2D eigenvalue weighted by Gasteiger charge is -2.12. The smallest absolute Gasteiger partial charge is 0.333 e. The third kappa shape index (κ3) is 1.77. The minimum atomic E-state index is -0.985. The Hall–Kier alpha value is -2.24. The minimum Gasteiger partial charge on any atom is -0.479 e. The monoisotopic (exact) mass is 218 g/mol. The molecule has 0 aliphatic heterocycles. The Morgan fingerprint density at radius 2 is 2.06 bits per heavy atom. The van der Waals surface area contributed by atoms with Crippen molar-refractivity contribution >= 4 is 5.97 Å². The van der Waals surface area contributed by atoms with Gasteiger partial charge in [-0.25, -0.2) is 9.48 Å². The van der Waals surface area contributed by atoms with Crippen LogP contribution in [0, 0.1) is 6.92 Å². The van der Waals surface area contributed by atoms with E-state index in [-0.39, 0.29) is 0 Å². The highest BCUT2D eigenvalue weighted by atomic mass is 16.4. The second-order valence-electron chi connectivity index (χ2n) is 3.32. The molecule has 0 aliphatic rings. The molecule has 0 fully saturated rings. The summed E-state index contributed by atoms with van der Waals surface area (Å²) in [7, 11) is 0. The average molecular weight is 218 g/mol. The molecule has 1 N–H and O–H groups in total. The number of aromatic nitrogens is 4. The Morgan fingerprint density at radius 1 is 1.38 bits per heavy atom. The van der Waals surface area contributed by atoms with Crippen LogP contribution in [-0.2, 0) is 4.79 Å². The summed E-state index contributed by atoms with van der Waals surface area (Å²) in [5, 5.41) is 20.0. The first kappa shape index (κ1) is 10.3. The second kappa shape index (κ2) is 4.09. The number of carbonyl (C=O) groups is 1. The first-order valence-corrected chi connectivity index (χ1v) is 4.72. The molecule has 0 saturated carbocycles. The first-order chi connectivity index (χ1) is 7.70. The normalized spacial score (nSPS) is 12.3. The lowest BCUT2D eigenvalue weighted by Crippen LogP contribution is -2.22. The van der Waals surface area contributed by atoms with Crippen molar-refractivity contribution in [2.75, 3.05) is 0 Å². The summed E-state index contributed by atoms with van der Waals surface area (Å²) in [5.41, 5.74) is 0.644. The number of aryl methyl sites for hydroxylation is 1. The molecular formula is C10H10N4O2.